The molecular weight excluding hydrogens is 408 g/mol. The third-order valence-electron chi connectivity index (χ3n) is 6.54. The number of aromatic amines is 1. The first-order chi connectivity index (χ1) is 13.0. The van der Waals surface area contributed by atoms with E-state index in [1.807, 2.05) is 24.3 Å². The van der Waals surface area contributed by atoms with Gasteiger partial charge in [0.15, 0.2) is 5.82 Å². The molecule has 0 spiro atoms. The van der Waals surface area contributed by atoms with E-state index >= 15 is 0 Å². The van der Waals surface area contributed by atoms with Gasteiger partial charge in [-0.1, -0.05) is 28.1 Å². The number of carbonyl (C=O) groups is 1. The summed E-state index contributed by atoms with van der Waals surface area (Å²) in [6, 6.07) is 7.62. The number of aromatic nitrogens is 3. The lowest BCUT2D eigenvalue weighted by atomic mass is 9.49. The Morgan fingerprint density at radius 2 is 2.00 bits per heavy atom. The number of alkyl halides is 1. The molecule has 4 aliphatic rings. The Morgan fingerprint density at radius 1 is 1.26 bits per heavy atom. The Bertz CT molecular complexity index is 882. The maximum atomic E-state index is 13.2. The van der Waals surface area contributed by atoms with Crippen molar-refractivity contribution in [2.24, 2.45) is 17.3 Å². The van der Waals surface area contributed by atoms with E-state index < -0.39 is 0 Å². The molecule has 1 aromatic heterocycles. The highest BCUT2D eigenvalue weighted by molar-refractivity contribution is 9.10. The number of methoxy groups -OCH3 is 1. The zero-order valence-corrected chi connectivity index (χ0v) is 16.9. The van der Waals surface area contributed by atoms with Crippen molar-refractivity contribution in [2.75, 3.05) is 12.4 Å². The van der Waals surface area contributed by atoms with Crippen LogP contribution in [0.2, 0.25) is 0 Å². The molecule has 6 rings (SSSR count). The van der Waals surface area contributed by atoms with E-state index in [4.69, 9.17) is 4.74 Å². The Labute approximate surface area is 166 Å². The number of hydrogen-bond donors (Lipinski definition) is 2. The lowest BCUT2D eigenvalue weighted by Crippen LogP contribution is -2.57. The highest BCUT2D eigenvalue weighted by Gasteiger charge is 2.59. The van der Waals surface area contributed by atoms with Crippen LogP contribution in [-0.4, -0.2) is 32.5 Å². The van der Waals surface area contributed by atoms with Gasteiger partial charge in [-0.3, -0.25) is 15.2 Å². The molecule has 4 saturated carbocycles. The van der Waals surface area contributed by atoms with Crippen LogP contribution in [0.3, 0.4) is 0 Å². The van der Waals surface area contributed by atoms with Crippen molar-refractivity contribution in [2.45, 2.75) is 42.8 Å². The molecule has 7 heteroatoms. The van der Waals surface area contributed by atoms with Gasteiger partial charge in [-0.05, 0) is 62.5 Å². The van der Waals surface area contributed by atoms with E-state index in [1.165, 1.54) is 19.3 Å². The molecule has 0 aliphatic heterocycles. The van der Waals surface area contributed by atoms with E-state index in [1.54, 1.807) is 7.11 Å². The molecule has 6 nitrogen and oxygen atoms in total. The Balaban J connectivity index is 1.37. The van der Waals surface area contributed by atoms with Crippen molar-refractivity contribution in [1.29, 1.82) is 0 Å². The second-order valence-corrected chi connectivity index (χ2v) is 10.2. The molecule has 1 aromatic carbocycles. The van der Waals surface area contributed by atoms with Crippen LogP contribution in [0, 0.1) is 17.3 Å². The fourth-order valence-electron chi connectivity index (χ4n) is 5.93. The standard InChI is InChI=1S/C20H23BrN4O2/c1-27-15-5-3-2-4-14(15)16-22-18(25-24-16)23-17(26)19-7-12-6-13(8-19)10-20(21,9-12)11-19/h2-5,12-13H,6-11H2,1H3,(H2,22,23,24,25,26). The Kier molecular flexibility index (Phi) is 3.86. The summed E-state index contributed by atoms with van der Waals surface area (Å²) >= 11 is 3.97. The van der Waals surface area contributed by atoms with E-state index in [0.29, 0.717) is 29.4 Å². The number of H-pyrrole nitrogens is 1. The van der Waals surface area contributed by atoms with Gasteiger partial charge in [0, 0.05) is 4.32 Å². The number of ether oxygens (including phenoxy) is 1. The van der Waals surface area contributed by atoms with E-state index in [0.717, 1.165) is 24.8 Å². The van der Waals surface area contributed by atoms with E-state index in [-0.39, 0.29) is 15.6 Å². The highest BCUT2D eigenvalue weighted by Crippen LogP contribution is 2.64. The summed E-state index contributed by atoms with van der Waals surface area (Å²) in [5.74, 6) is 3.03. The molecular formula is C20H23BrN4O2. The van der Waals surface area contributed by atoms with Crippen LogP contribution in [0.5, 0.6) is 5.75 Å². The van der Waals surface area contributed by atoms with Crippen LogP contribution in [0.25, 0.3) is 11.4 Å². The number of nitrogens with zero attached hydrogens (tertiary/aromatic N) is 2. The average molecular weight is 431 g/mol. The van der Waals surface area contributed by atoms with Crippen LogP contribution in [-0.2, 0) is 4.79 Å². The summed E-state index contributed by atoms with van der Waals surface area (Å²) in [5, 5.41) is 10.1. The number of rotatable bonds is 4. The number of amides is 1. The summed E-state index contributed by atoms with van der Waals surface area (Å²) in [6.07, 6.45) is 6.59. The monoisotopic (exact) mass is 430 g/mol. The van der Waals surface area contributed by atoms with E-state index in [2.05, 4.69) is 36.4 Å². The summed E-state index contributed by atoms with van der Waals surface area (Å²) < 4.78 is 5.53. The zero-order chi connectivity index (χ0) is 18.6. The maximum Gasteiger partial charge on any atom is 0.249 e. The molecule has 2 atom stereocenters. The molecule has 27 heavy (non-hydrogen) atoms. The fourth-order valence-corrected chi connectivity index (χ4v) is 7.38. The SMILES string of the molecule is COc1ccccc1-c1nc(NC(=O)C23CC4CC(CC(Br)(C4)C2)C3)n[nH]1. The van der Waals surface area contributed by atoms with Gasteiger partial charge in [-0.25, -0.2) is 0 Å². The third kappa shape index (κ3) is 2.87. The predicted octanol–water partition coefficient (Wildman–Crippen LogP) is 4.15. The number of nitrogens with one attached hydrogen (secondary N) is 2. The number of carbonyl (C=O) groups excluding carboxylic acids is 1. The molecule has 0 saturated heterocycles. The van der Waals surface area contributed by atoms with Crippen LogP contribution in [0.4, 0.5) is 5.95 Å². The van der Waals surface area contributed by atoms with Crippen molar-refractivity contribution >= 4 is 27.8 Å². The number of benzene rings is 1. The number of halogens is 1. The Hall–Kier alpha value is -1.89. The predicted molar refractivity (Wildman–Crippen MR) is 106 cm³/mol. The molecule has 2 N–H and O–H groups in total. The van der Waals surface area contributed by atoms with E-state index in [9.17, 15) is 4.79 Å². The van der Waals surface area contributed by atoms with Crippen LogP contribution < -0.4 is 10.1 Å². The smallest absolute Gasteiger partial charge is 0.249 e. The molecule has 2 unspecified atom stereocenters. The summed E-state index contributed by atoms with van der Waals surface area (Å²) in [6.45, 7) is 0. The fraction of sp³-hybridized carbons (Fsp3) is 0.550. The molecule has 2 aromatic rings. The number of hydrogen-bond acceptors (Lipinski definition) is 4. The molecule has 142 valence electrons. The lowest BCUT2D eigenvalue weighted by molar-refractivity contribution is -0.138. The third-order valence-corrected chi connectivity index (χ3v) is 7.47. The summed E-state index contributed by atoms with van der Waals surface area (Å²) in [7, 11) is 1.63. The maximum absolute atomic E-state index is 13.2. The Morgan fingerprint density at radius 3 is 2.70 bits per heavy atom. The first-order valence-electron chi connectivity index (χ1n) is 9.55. The van der Waals surface area contributed by atoms with Gasteiger partial charge in [0.25, 0.3) is 0 Å². The van der Waals surface area contributed by atoms with Gasteiger partial charge >= 0.3 is 0 Å². The topological polar surface area (TPSA) is 79.9 Å². The second-order valence-electron chi connectivity index (χ2n) is 8.55. The van der Waals surface area contributed by atoms with Gasteiger partial charge in [-0.2, -0.15) is 4.98 Å². The van der Waals surface area contributed by atoms with Crippen molar-refractivity contribution < 1.29 is 9.53 Å². The summed E-state index contributed by atoms with van der Waals surface area (Å²) in [5.41, 5.74) is 0.543. The molecule has 0 radical (unpaired) electrons. The van der Waals surface area contributed by atoms with Gasteiger partial charge < -0.3 is 4.74 Å². The average Bonchev–Trinajstić information content (AvgIpc) is 3.08. The quantitative estimate of drug-likeness (QED) is 0.713. The van der Waals surface area contributed by atoms with Crippen molar-refractivity contribution in [3.8, 4) is 17.1 Å². The zero-order valence-electron chi connectivity index (χ0n) is 15.3. The van der Waals surface area contributed by atoms with Crippen molar-refractivity contribution in [1.82, 2.24) is 15.2 Å². The van der Waals surface area contributed by atoms with Crippen LogP contribution in [0.15, 0.2) is 24.3 Å². The number of para-hydroxylation sites is 1. The number of anilines is 1. The minimum Gasteiger partial charge on any atom is -0.496 e. The minimum atomic E-state index is -0.279. The lowest BCUT2D eigenvalue weighted by Gasteiger charge is -2.59. The van der Waals surface area contributed by atoms with Gasteiger partial charge in [0.2, 0.25) is 11.9 Å². The van der Waals surface area contributed by atoms with Crippen molar-refractivity contribution in [3.05, 3.63) is 24.3 Å². The van der Waals surface area contributed by atoms with Crippen LogP contribution >= 0.6 is 15.9 Å². The van der Waals surface area contributed by atoms with Gasteiger partial charge in [-0.15, -0.1) is 5.10 Å². The normalized spacial score (nSPS) is 33.9. The molecule has 4 fully saturated rings. The van der Waals surface area contributed by atoms with Crippen molar-refractivity contribution in [3.63, 3.8) is 0 Å². The molecule has 1 amide bonds. The summed E-state index contributed by atoms with van der Waals surface area (Å²) in [4.78, 5) is 17.7. The van der Waals surface area contributed by atoms with Gasteiger partial charge in [0.1, 0.15) is 5.75 Å². The first kappa shape index (κ1) is 17.2. The molecule has 4 bridgehead atoms. The largest absolute Gasteiger partial charge is 0.496 e. The molecule has 4 aliphatic carbocycles. The van der Waals surface area contributed by atoms with Gasteiger partial charge in [0.05, 0.1) is 18.1 Å². The second kappa shape index (κ2) is 6.06. The minimum absolute atomic E-state index is 0.0750. The highest BCUT2D eigenvalue weighted by atomic mass is 79.9. The molecule has 1 heterocycles. The van der Waals surface area contributed by atoms with Crippen LogP contribution in [0.1, 0.15) is 38.5 Å². The first-order valence-corrected chi connectivity index (χ1v) is 10.3.